The molecule has 1 aromatic heterocycles. The van der Waals surface area contributed by atoms with Crippen molar-refractivity contribution in [3.8, 4) is 39.8 Å². The first kappa shape index (κ1) is 67.5. The number of aliphatic hydroxyl groups is 1. The van der Waals surface area contributed by atoms with E-state index in [9.17, 15) is 57.1 Å². The smallest absolute Gasteiger partial charge is 0.267 e. The number of amides is 4. The molecule has 4 aromatic carbocycles. The second kappa shape index (κ2) is 29.4. The monoisotopic (exact) mass is 1330 g/mol. The third kappa shape index (κ3) is 14.4. The number of ether oxygens (including phenoxy) is 10. The van der Waals surface area contributed by atoms with Gasteiger partial charge in [0.05, 0.1) is 108 Å². The number of rotatable bonds is 27. The van der Waals surface area contributed by atoms with E-state index in [1.54, 1.807) is 17.0 Å². The van der Waals surface area contributed by atoms with Gasteiger partial charge in [-0.1, -0.05) is 54.6 Å². The van der Waals surface area contributed by atoms with Crippen molar-refractivity contribution in [2.24, 2.45) is 0 Å². The van der Waals surface area contributed by atoms with Gasteiger partial charge in [-0.25, -0.2) is 0 Å². The standard InChI is InChI=1S/C63H74N8O22S/c1-34-58-42(70-19-22-90-61(85-3)60(70)93-58)29-47(91-34)92-44-31-63(80,30-39-49(44)57(77)51-50(55(39)75)54(74)38-12-8-14-43(84-2)48(38)56(51)76)62(79)65-18-21-87-24-26-89-28-27-88-25-23-86-20-16-45(72)66-40(33-94(81,82)83)59(78)64-17-15-46(73)71-32-35-9-4-5-10-36(35)52-53(68-69-67-52)37-11-6-7-13-41(37)71/h4-14,34,40,42,44,47,58,60-61,75,77,80H,15-33H2,1-3H3,(H,64,78)(H,65,79)(H,66,72)(H,67,68,69)(H,81,82,83). The summed E-state index contributed by atoms with van der Waals surface area (Å²) in [5, 5.41) is 55.3. The average Bonchev–Trinajstić information content (AvgIpc) is 0.953. The van der Waals surface area contributed by atoms with Crippen LogP contribution in [0.4, 0.5) is 5.69 Å². The van der Waals surface area contributed by atoms with Crippen LogP contribution < -0.4 is 25.6 Å². The highest BCUT2D eigenvalue weighted by Gasteiger charge is 2.55. The molecule has 2 aliphatic carbocycles. The molecular weight excluding hydrogens is 1250 g/mol. The van der Waals surface area contributed by atoms with E-state index >= 15 is 0 Å². The summed E-state index contributed by atoms with van der Waals surface area (Å²) in [7, 11) is -1.89. The summed E-state index contributed by atoms with van der Waals surface area (Å²) in [6.07, 6.45) is -5.77. The molecule has 0 bridgehead atoms. The zero-order valence-corrected chi connectivity index (χ0v) is 52.6. The first-order valence-electron chi connectivity index (χ1n) is 30.7. The minimum atomic E-state index is -4.74. The molecule has 8 N–H and O–H groups in total. The minimum absolute atomic E-state index is 0.00656. The number of phenolic OH excluding ortho intramolecular Hbond substituents is 2. The van der Waals surface area contributed by atoms with Crippen LogP contribution in [-0.2, 0) is 84.9 Å². The molecule has 504 valence electrons. The Bertz CT molecular complexity index is 3780. The van der Waals surface area contributed by atoms with Crippen molar-refractivity contribution in [3.63, 3.8) is 0 Å². The molecule has 0 radical (unpaired) electrons. The summed E-state index contributed by atoms with van der Waals surface area (Å²) in [6, 6.07) is 17.1. The van der Waals surface area contributed by atoms with Crippen molar-refractivity contribution in [2.75, 3.05) is 104 Å². The molecule has 3 fully saturated rings. The number of anilines is 1. The zero-order valence-electron chi connectivity index (χ0n) is 51.7. The lowest BCUT2D eigenvalue weighted by Crippen LogP contribution is -2.55. The van der Waals surface area contributed by atoms with Gasteiger partial charge in [0.2, 0.25) is 23.5 Å². The number of carbonyl (C=O) groups is 6. The molecule has 11 rings (SSSR count). The minimum Gasteiger partial charge on any atom is -0.507 e. The fourth-order valence-corrected chi connectivity index (χ4v) is 13.6. The van der Waals surface area contributed by atoms with E-state index in [-0.39, 0.29) is 132 Å². The summed E-state index contributed by atoms with van der Waals surface area (Å²) < 4.78 is 91.7. The number of benzene rings is 4. The van der Waals surface area contributed by atoms with Crippen LogP contribution in [0.3, 0.4) is 0 Å². The molecular formula is C63H74N8O22S. The summed E-state index contributed by atoms with van der Waals surface area (Å²) in [5.74, 6) is -6.86. The number of morpholine rings is 1. The molecule has 6 aliphatic rings. The average molecular weight is 1330 g/mol. The Morgan fingerprint density at radius 1 is 0.787 bits per heavy atom. The van der Waals surface area contributed by atoms with Crippen LogP contribution in [0.15, 0.2) is 66.7 Å². The molecule has 0 spiro atoms. The van der Waals surface area contributed by atoms with E-state index in [4.69, 9.17) is 47.4 Å². The van der Waals surface area contributed by atoms with Crippen molar-refractivity contribution >= 4 is 51.0 Å². The van der Waals surface area contributed by atoms with Crippen molar-refractivity contribution in [1.29, 1.82) is 0 Å². The van der Waals surface area contributed by atoms with Crippen LogP contribution in [-0.4, -0.2) is 232 Å². The van der Waals surface area contributed by atoms with Gasteiger partial charge >= 0.3 is 0 Å². The molecule has 4 aliphatic heterocycles. The Kier molecular flexibility index (Phi) is 21.1. The molecule has 9 atom stereocenters. The summed E-state index contributed by atoms with van der Waals surface area (Å²) in [5.41, 5.74) is 0.326. The number of para-hydroxylation sites is 1. The Balaban J connectivity index is 0.598. The van der Waals surface area contributed by atoms with Crippen LogP contribution in [0, 0.1) is 0 Å². The van der Waals surface area contributed by atoms with Gasteiger partial charge in [-0.05, 0) is 24.6 Å². The van der Waals surface area contributed by atoms with Crippen LogP contribution in [0.1, 0.15) is 87.2 Å². The number of nitrogens with zero attached hydrogens (tertiary/aromatic N) is 4. The van der Waals surface area contributed by atoms with Crippen molar-refractivity contribution in [3.05, 3.63) is 106 Å². The van der Waals surface area contributed by atoms with Crippen molar-refractivity contribution < 1.29 is 104 Å². The van der Waals surface area contributed by atoms with Gasteiger partial charge in [-0.2, -0.15) is 23.8 Å². The molecule has 0 saturated carbocycles. The molecule has 4 amide bonds. The Morgan fingerprint density at radius 3 is 2.18 bits per heavy atom. The lowest BCUT2D eigenvalue weighted by molar-refractivity contribution is -0.256. The van der Waals surface area contributed by atoms with Crippen LogP contribution in [0.5, 0.6) is 17.2 Å². The SMILES string of the molecule is COc1cccc2c1C(=O)c1c(O)c3c(c(O)c1C2=O)CC(O)(C(=O)NCCOCCOCCOCCOCCC(=O)NC(CS(=O)(=O)O)C(=O)NCCC(=O)N1Cc2ccccc2-c2n[nH]nc2-c2ccccc21)CC3OC1CC2C(OC3C(OC)OCCN23)C(C)O1. The highest BCUT2D eigenvalue weighted by Crippen LogP contribution is 2.53. The Morgan fingerprint density at radius 2 is 1.46 bits per heavy atom. The maximum Gasteiger partial charge on any atom is 0.267 e. The zero-order chi connectivity index (χ0) is 66.4. The van der Waals surface area contributed by atoms with Crippen LogP contribution >= 0.6 is 0 Å². The lowest BCUT2D eigenvalue weighted by Gasteiger charge is -2.43. The second-order valence-electron chi connectivity index (χ2n) is 23.2. The third-order valence-corrected chi connectivity index (χ3v) is 18.0. The normalized spacial score (nSPS) is 23.2. The van der Waals surface area contributed by atoms with Gasteiger partial charge in [-0.3, -0.25) is 38.2 Å². The summed E-state index contributed by atoms with van der Waals surface area (Å²) in [4.78, 5) is 86.1. The van der Waals surface area contributed by atoms with Gasteiger partial charge in [0.15, 0.2) is 24.6 Å². The van der Waals surface area contributed by atoms with E-state index in [0.717, 1.165) is 11.1 Å². The van der Waals surface area contributed by atoms with E-state index < -0.39 is 129 Å². The topological polar surface area (TPSA) is 394 Å². The Labute approximate surface area is 539 Å². The number of H-pyrrole nitrogens is 1. The third-order valence-electron chi connectivity index (χ3n) is 17.3. The number of carbonyl (C=O) groups excluding carboxylic acids is 6. The van der Waals surface area contributed by atoms with Gasteiger partial charge in [0.25, 0.3) is 16.0 Å². The highest BCUT2D eigenvalue weighted by atomic mass is 32.2. The quantitative estimate of drug-likeness (QED) is 0.0206. The van der Waals surface area contributed by atoms with Crippen molar-refractivity contribution in [2.45, 2.75) is 100 Å². The molecule has 31 heteroatoms. The van der Waals surface area contributed by atoms with E-state index in [1.807, 2.05) is 43.3 Å². The van der Waals surface area contributed by atoms with Gasteiger partial charge in [0, 0.05) is 92.7 Å². The number of phenols is 2. The second-order valence-corrected chi connectivity index (χ2v) is 24.7. The number of hydrogen-bond donors (Lipinski definition) is 8. The molecule has 9 unspecified atom stereocenters. The first-order valence-corrected chi connectivity index (χ1v) is 32.4. The summed E-state index contributed by atoms with van der Waals surface area (Å²) in [6.45, 7) is 3.27. The number of hydrogen-bond acceptors (Lipinski definition) is 24. The lowest BCUT2D eigenvalue weighted by atomic mass is 9.72. The van der Waals surface area contributed by atoms with Gasteiger partial charge in [-0.15, -0.1) is 0 Å². The number of methoxy groups -OCH3 is 2. The van der Waals surface area contributed by atoms with E-state index in [1.165, 1.54) is 32.4 Å². The van der Waals surface area contributed by atoms with Crippen molar-refractivity contribution in [1.82, 2.24) is 36.3 Å². The number of aromatic amines is 1. The Hall–Kier alpha value is -7.89. The van der Waals surface area contributed by atoms with Crippen LogP contribution in [0.25, 0.3) is 22.5 Å². The maximum atomic E-state index is 14.3. The van der Waals surface area contributed by atoms with E-state index in [2.05, 4.69) is 36.3 Å². The molecule has 5 heterocycles. The predicted octanol–water partition coefficient (Wildman–Crippen LogP) is 1.60. The van der Waals surface area contributed by atoms with Gasteiger partial charge in [0.1, 0.15) is 52.1 Å². The summed E-state index contributed by atoms with van der Waals surface area (Å²) >= 11 is 0. The van der Waals surface area contributed by atoms with Gasteiger partial charge < -0.3 is 83.5 Å². The fraction of sp³-hybridized carbons (Fsp3) is 0.492. The number of aromatic hydroxyl groups is 2. The maximum absolute atomic E-state index is 14.3. The number of fused-ring (bicyclic) bond motifs is 11. The number of nitrogens with one attached hydrogen (secondary N) is 4. The molecule has 94 heavy (non-hydrogen) atoms. The number of ketones is 2. The molecule has 5 aromatic rings. The highest BCUT2D eigenvalue weighted by molar-refractivity contribution is 7.85. The van der Waals surface area contributed by atoms with Crippen LogP contribution in [0.2, 0.25) is 0 Å². The predicted molar refractivity (Wildman–Crippen MR) is 327 cm³/mol. The largest absolute Gasteiger partial charge is 0.507 e. The molecule has 3 saturated heterocycles. The number of aromatic nitrogens is 3. The fourth-order valence-electron chi connectivity index (χ4n) is 12.9. The van der Waals surface area contributed by atoms with E-state index in [0.29, 0.717) is 35.8 Å². The molecule has 30 nitrogen and oxygen atoms in total. The first-order chi connectivity index (χ1) is 45.3.